The number of likely N-dealkylation sites (N-methyl/N-ethyl adjacent to an activating group) is 1. The first-order valence-electron chi connectivity index (χ1n) is 11.4. The van der Waals surface area contributed by atoms with Crippen LogP contribution in [0.3, 0.4) is 0 Å². The molecule has 1 aliphatic heterocycles. The summed E-state index contributed by atoms with van der Waals surface area (Å²) in [6.45, 7) is 7.54. The standard InChI is InChI=1S/C24H34N4O6/c1-5-33-24(32)20-22(30)21(29)19(23(31)25(2)3)28(20)17-7-9-18(10-8-17)34-16-6-11-27-14-12-26(4)13-15-27/h7-10,29-30H,5-6,11-16H2,1-4H3. The van der Waals surface area contributed by atoms with Crippen LogP contribution >= 0.6 is 0 Å². The summed E-state index contributed by atoms with van der Waals surface area (Å²) >= 11 is 0. The molecule has 34 heavy (non-hydrogen) atoms. The van der Waals surface area contributed by atoms with Gasteiger partial charge in [0.25, 0.3) is 5.91 Å². The Kier molecular flexibility index (Phi) is 8.41. The van der Waals surface area contributed by atoms with Crippen LogP contribution in [0.4, 0.5) is 0 Å². The molecule has 1 aromatic carbocycles. The predicted octanol–water partition coefficient (Wildman–Crippen LogP) is 1.78. The largest absolute Gasteiger partial charge is 0.503 e. The SMILES string of the molecule is CCOC(=O)c1c(O)c(O)c(C(=O)N(C)C)n1-c1ccc(OCCCN2CCN(C)CC2)cc1. The van der Waals surface area contributed by atoms with Crippen LogP contribution in [0.5, 0.6) is 17.2 Å². The van der Waals surface area contributed by atoms with Crippen molar-refractivity contribution >= 4 is 11.9 Å². The lowest BCUT2D eigenvalue weighted by Crippen LogP contribution is -2.44. The van der Waals surface area contributed by atoms with Crippen molar-refractivity contribution in [1.29, 1.82) is 0 Å². The number of amides is 1. The minimum atomic E-state index is -0.850. The topological polar surface area (TPSA) is 108 Å². The lowest BCUT2D eigenvalue weighted by Gasteiger charge is -2.32. The van der Waals surface area contributed by atoms with E-state index in [2.05, 4.69) is 16.8 Å². The van der Waals surface area contributed by atoms with E-state index in [-0.39, 0.29) is 18.0 Å². The van der Waals surface area contributed by atoms with Crippen molar-refractivity contribution < 1.29 is 29.3 Å². The zero-order valence-corrected chi connectivity index (χ0v) is 20.3. The minimum absolute atomic E-state index is 0.0715. The highest BCUT2D eigenvalue weighted by molar-refractivity contribution is 6.02. The van der Waals surface area contributed by atoms with Crippen LogP contribution in [0.1, 0.15) is 34.3 Å². The number of carbonyl (C=O) groups is 2. The van der Waals surface area contributed by atoms with E-state index in [4.69, 9.17) is 9.47 Å². The Labute approximate surface area is 199 Å². The maximum Gasteiger partial charge on any atom is 0.359 e. The number of nitrogens with zero attached hydrogens (tertiary/aromatic N) is 4. The van der Waals surface area contributed by atoms with E-state index < -0.39 is 23.4 Å². The zero-order chi connectivity index (χ0) is 24.8. The van der Waals surface area contributed by atoms with Crippen molar-refractivity contribution in [2.75, 3.05) is 67.1 Å². The molecule has 0 saturated carbocycles. The average molecular weight is 475 g/mol. The summed E-state index contributed by atoms with van der Waals surface area (Å²) in [6, 6.07) is 6.75. The van der Waals surface area contributed by atoms with Crippen molar-refractivity contribution in [1.82, 2.24) is 19.3 Å². The second-order valence-corrected chi connectivity index (χ2v) is 8.49. The summed E-state index contributed by atoms with van der Waals surface area (Å²) in [5.74, 6) is -2.16. The van der Waals surface area contributed by atoms with Gasteiger partial charge < -0.3 is 34.4 Å². The summed E-state index contributed by atoms with van der Waals surface area (Å²) in [7, 11) is 5.16. The molecule has 0 aliphatic carbocycles. The van der Waals surface area contributed by atoms with Crippen molar-refractivity contribution in [2.45, 2.75) is 13.3 Å². The first-order valence-corrected chi connectivity index (χ1v) is 11.4. The molecule has 0 bridgehead atoms. The molecule has 10 nitrogen and oxygen atoms in total. The van der Waals surface area contributed by atoms with Gasteiger partial charge in [0.2, 0.25) is 0 Å². The highest BCUT2D eigenvalue weighted by Crippen LogP contribution is 2.39. The van der Waals surface area contributed by atoms with Gasteiger partial charge in [-0.25, -0.2) is 4.79 Å². The molecule has 10 heteroatoms. The molecule has 2 aromatic rings. The second kappa shape index (κ2) is 11.3. The molecule has 2 N–H and O–H groups in total. The van der Waals surface area contributed by atoms with E-state index in [1.54, 1.807) is 31.2 Å². The van der Waals surface area contributed by atoms with Gasteiger partial charge in [0.05, 0.1) is 13.2 Å². The quantitative estimate of drug-likeness (QED) is 0.418. The number of benzene rings is 1. The van der Waals surface area contributed by atoms with Gasteiger partial charge in [-0.05, 0) is 44.7 Å². The summed E-state index contributed by atoms with van der Waals surface area (Å²) < 4.78 is 12.1. The molecule has 1 amide bonds. The Morgan fingerprint density at radius 2 is 1.62 bits per heavy atom. The third kappa shape index (κ3) is 5.63. The fraction of sp³-hybridized carbons (Fsp3) is 0.500. The van der Waals surface area contributed by atoms with E-state index in [0.717, 1.165) is 39.1 Å². The molecular formula is C24H34N4O6. The molecule has 0 spiro atoms. The van der Waals surface area contributed by atoms with E-state index in [0.29, 0.717) is 18.0 Å². The Hall–Kier alpha value is -3.24. The maximum absolute atomic E-state index is 12.7. The maximum atomic E-state index is 12.7. The molecule has 1 saturated heterocycles. The van der Waals surface area contributed by atoms with Crippen LogP contribution in [0, 0.1) is 0 Å². The zero-order valence-electron chi connectivity index (χ0n) is 20.3. The number of rotatable bonds is 9. The molecule has 2 heterocycles. The summed E-state index contributed by atoms with van der Waals surface area (Å²) in [4.78, 5) is 31.3. The van der Waals surface area contributed by atoms with Gasteiger partial charge in [0.15, 0.2) is 22.9 Å². The first-order chi connectivity index (χ1) is 16.2. The normalized spacial score (nSPS) is 14.7. The number of aromatic hydroxyl groups is 2. The van der Waals surface area contributed by atoms with Gasteiger partial charge in [0, 0.05) is 52.5 Å². The van der Waals surface area contributed by atoms with E-state index >= 15 is 0 Å². The Morgan fingerprint density at radius 1 is 1.00 bits per heavy atom. The molecule has 0 radical (unpaired) electrons. The van der Waals surface area contributed by atoms with Crippen molar-refractivity contribution in [2.24, 2.45) is 0 Å². The Balaban J connectivity index is 1.76. The fourth-order valence-electron chi connectivity index (χ4n) is 3.84. The van der Waals surface area contributed by atoms with Crippen LogP contribution in [0.15, 0.2) is 24.3 Å². The first kappa shape index (κ1) is 25.4. The molecule has 186 valence electrons. The van der Waals surface area contributed by atoms with Crippen LogP contribution in [0.2, 0.25) is 0 Å². The highest BCUT2D eigenvalue weighted by atomic mass is 16.5. The molecule has 1 fully saturated rings. The molecular weight excluding hydrogens is 440 g/mol. The number of aromatic nitrogens is 1. The lowest BCUT2D eigenvalue weighted by atomic mass is 10.2. The molecule has 0 unspecified atom stereocenters. The summed E-state index contributed by atoms with van der Waals surface area (Å²) in [5, 5.41) is 20.9. The van der Waals surface area contributed by atoms with Gasteiger partial charge in [-0.2, -0.15) is 0 Å². The number of hydrogen-bond donors (Lipinski definition) is 2. The van der Waals surface area contributed by atoms with Crippen molar-refractivity contribution in [3.05, 3.63) is 35.7 Å². The summed E-state index contributed by atoms with van der Waals surface area (Å²) in [5.41, 5.74) is -0.148. The van der Waals surface area contributed by atoms with E-state index in [9.17, 15) is 19.8 Å². The van der Waals surface area contributed by atoms with Gasteiger partial charge in [-0.3, -0.25) is 9.36 Å². The molecule has 1 aromatic heterocycles. The number of piperazine rings is 1. The number of hydrogen-bond acceptors (Lipinski definition) is 8. The van der Waals surface area contributed by atoms with Crippen molar-refractivity contribution in [3.8, 4) is 22.9 Å². The molecule has 1 aliphatic rings. The summed E-state index contributed by atoms with van der Waals surface area (Å²) in [6.07, 6.45) is 0.902. The second-order valence-electron chi connectivity index (χ2n) is 8.49. The van der Waals surface area contributed by atoms with E-state index in [1.165, 1.54) is 23.6 Å². The molecule has 3 rings (SSSR count). The fourth-order valence-corrected chi connectivity index (χ4v) is 3.84. The van der Waals surface area contributed by atoms with Gasteiger partial charge in [0.1, 0.15) is 5.75 Å². The Bertz CT molecular complexity index is 994. The Morgan fingerprint density at radius 3 is 2.21 bits per heavy atom. The number of ether oxygens (including phenoxy) is 2. The molecule has 0 atom stereocenters. The minimum Gasteiger partial charge on any atom is -0.503 e. The van der Waals surface area contributed by atoms with Crippen molar-refractivity contribution in [3.63, 3.8) is 0 Å². The van der Waals surface area contributed by atoms with E-state index in [1.807, 2.05) is 0 Å². The average Bonchev–Trinajstić information content (AvgIpc) is 3.08. The number of carbonyl (C=O) groups excluding carboxylic acids is 2. The third-order valence-electron chi connectivity index (χ3n) is 5.78. The van der Waals surface area contributed by atoms with Crippen LogP contribution in [-0.4, -0.2) is 108 Å². The van der Waals surface area contributed by atoms with Crippen LogP contribution in [-0.2, 0) is 4.74 Å². The lowest BCUT2D eigenvalue weighted by molar-refractivity contribution is 0.0513. The highest BCUT2D eigenvalue weighted by Gasteiger charge is 2.33. The third-order valence-corrected chi connectivity index (χ3v) is 5.78. The monoisotopic (exact) mass is 474 g/mol. The van der Waals surface area contributed by atoms with Gasteiger partial charge in [-0.1, -0.05) is 0 Å². The van der Waals surface area contributed by atoms with Gasteiger partial charge >= 0.3 is 5.97 Å². The van der Waals surface area contributed by atoms with Crippen LogP contribution in [0.25, 0.3) is 5.69 Å². The van der Waals surface area contributed by atoms with Crippen LogP contribution < -0.4 is 4.74 Å². The smallest absolute Gasteiger partial charge is 0.359 e. The predicted molar refractivity (Wildman–Crippen MR) is 127 cm³/mol. The van der Waals surface area contributed by atoms with Gasteiger partial charge in [-0.15, -0.1) is 0 Å². The number of esters is 1.